The number of nitriles is 1. The molecule has 0 saturated carbocycles. The fraction of sp³-hybridized carbons (Fsp3) is 0.500. The number of nitrogens with one attached hydrogen (secondary N) is 2. The first-order valence-electron chi connectivity index (χ1n) is 11.6. The predicted molar refractivity (Wildman–Crippen MR) is 123 cm³/mol. The van der Waals surface area contributed by atoms with Crippen LogP contribution in [0.2, 0.25) is 0 Å². The summed E-state index contributed by atoms with van der Waals surface area (Å²) in [6.07, 6.45) is -0.594. The molecule has 2 N–H and O–H groups in total. The average Bonchev–Trinajstić information content (AvgIpc) is 3.12. The lowest BCUT2D eigenvalue weighted by Crippen LogP contribution is -2.45. The van der Waals surface area contributed by atoms with Gasteiger partial charge < -0.3 is 20.3 Å². The number of rotatable bonds is 3. The minimum atomic E-state index is -3.16. The van der Waals surface area contributed by atoms with Crippen LogP contribution in [0.3, 0.4) is 0 Å². The Labute approximate surface area is 206 Å². The van der Waals surface area contributed by atoms with Gasteiger partial charge in [-0.05, 0) is 44.4 Å². The minimum Gasteiger partial charge on any atom is -0.453 e. The smallest absolute Gasteiger partial charge is 0.407 e. The van der Waals surface area contributed by atoms with Gasteiger partial charge in [-0.1, -0.05) is 0 Å². The van der Waals surface area contributed by atoms with Crippen LogP contribution in [-0.4, -0.2) is 46.0 Å². The van der Waals surface area contributed by atoms with Gasteiger partial charge in [0.1, 0.15) is 17.6 Å². The van der Waals surface area contributed by atoms with Crippen molar-refractivity contribution >= 4 is 17.8 Å². The van der Waals surface area contributed by atoms with E-state index in [4.69, 9.17) is 5.26 Å². The molecule has 2 aliphatic heterocycles. The maximum Gasteiger partial charge on any atom is 0.407 e. The standard InChI is InChI=1S/C24H27F3N6O3/c1-13-8-20-18(12-32(13)22(34)30-17-4-5-19(25)16(9-17)10-28)21-24(26,27)7-6-15(11-33(21)31-20)14(2)29-23(35)36-3/h4-5,9,13-15H,6-8,11-12H2,1-3H3,(H,29,35)(H,30,34)/t13-,14-,15-/m1/s1. The largest absolute Gasteiger partial charge is 0.453 e. The number of hydrogen-bond acceptors (Lipinski definition) is 5. The topological polar surface area (TPSA) is 112 Å². The third-order valence-corrected chi connectivity index (χ3v) is 6.90. The molecular formula is C24H27F3N6O3. The van der Waals surface area contributed by atoms with Crippen LogP contribution in [0, 0.1) is 23.1 Å². The molecule has 192 valence electrons. The fourth-order valence-corrected chi connectivity index (χ4v) is 4.86. The Hall–Kier alpha value is -3.75. The van der Waals surface area contributed by atoms with E-state index >= 15 is 8.78 Å². The molecule has 3 atom stereocenters. The van der Waals surface area contributed by atoms with E-state index in [2.05, 4.69) is 20.5 Å². The number of alkyl carbamates (subject to hydrolysis) is 1. The highest BCUT2D eigenvalue weighted by molar-refractivity contribution is 5.90. The van der Waals surface area contributed by atoms with Gasteiger partial charge in [0.15, 0.2) is 0 Å². The van der Waals surface area contributed by atoms with E-state index in [0.29, 0.717) is 11.3 Å². The van der Waals surface area contributed by atoms with E-state index in [1.807, 2.05) is 0 Å². The molecule has 0 bridgehead atoms. The second-order valence-corrected chi connectivity index (χ2v) is 9.30. The third kappa shape index (κ3) is 4.82. The molecule has 0 unspecified atom stereocenters. The zero-order valence-electron chi connectivity index (χ0n) is 20.1. The van der Waals surface area contributed by atoms with Crippen LogP contribution in [0.4, 0.5) is 28.4 Å². The summed E-state index contributed by atoms with van der Waals surface area (Å²) in [6, 6.07) is 4.06. The van der Waals surface area contributed by atoms with Crippen molar-refractivity contribution < 1.29 is 27.5 Å². The Kier molecular flexibility index (Phi) is 6.84. The highest BCUT2D eigenvalue weighted by atomic mass is 19.3. The number of aromatic nitrogens is 2. The summed E-state index contributed by atoms with van der Waals surface area (Å²) in [5, 5.41) is 18.8. The Balaban J connectivity index is 1.59. The molecule has 1 aromatic heterocycles. The van der Waals surface area contributed by atoms with Crippen molar-refractivity contribution in [1.29, 1.82) is 5.26 Å². The molecular weight excluding hydrogens is 477 g/mol. The van der Waals surface area contributed by atoms with Gasteiger partial charge >= 0.3 is 12.1 Å². The summed E-state index contributed by atoms with van der Waals surface area (Å²) in [6.45, 7) is 3.66. The molecule has 12 heteroatoms. The van der Waals surface area contributed by atoms with Gasteiger partial charge in [0, 0.05) is 42.7 Å². The maximum absolute atomic E-state index is 15.4. The van der Waals surface area contributed by atoms with E-state index < -0.39 is 36.3 Å². The molecule has 0 spiro atoms. The molecule has 9 nitrogen and oxygen atoms in total. The molecule has 3 amide bonds. The van der Waals surface area contributed by atoms with Crippen LogP contribution < -0.4 is 10.6 Å². The zero-order valence-corrected chi connectivity index (χ0v) is 20.1. The van der Waals surface area contributed by atoms with Gasteiger partial charge in [-0.15, -0.1) is 0 Å². The second-order valence-electron chi connectivity index (χ2n) is 9.30. The first-order valence-corrected chi connectivity index (χ1v) is 11.6. The van der Waals surface area contributed by atoms with E-state index in [1.165, 1.54) is 28.8 Å². The SMILES string of the molecule is COC(=O)N[C@H](C)[C@@H]1CCC(F)(F)c2c3c(nn2C1)C[C@@H](C)N(C(=O)Nc1ccc(F)c(C#N)c1)C3. The van der Waals surface area contributed by atoms with Crippen LogP contribution >= 0.6 is 0 Å². The van der Waals surface area contributed by atoms with Crippen LogP contribution in [0.5, 0.6) is 0 Å². The van der Waals surface area contributed by atoms with Gasteiger partial charge in [0.25, 0.3) is 5.92 Å². The molecule has 0 saturated heterocycles. The molecule has 2 aromatic rings. The van der Waals surface area contributed by atoms with Crippen molar-refractivity contribution in [2.24, 2.45) is 5.92 Å². The van der Waals surface area contributed by atoms with Gasteiger partial charge in [-0.25, -0.2) is 14.0 Å². The highest BCUT2D eigenvalue weighted by Crippen LogP contribution is 2.42. The third-order valence-electron chi connectivity index (χ3n) is 6.90. The lowest BCUT2D eigenvalue weighted by Gasteiger charge is -2.33. The zero-order chi connectivity index (χ0) is 26.2. The molecule has 2 aliphatic rings. The lowest BCUT2D eigenvalue weighted by atomic mass is 9.93. The first-order chi connectivity index (χ1) is 17.0. The number of amides is 3. The van der Waals surface area contributed by atoms with Crippen molar-refractivity contribution in [2.75, 3.05) is 12.4 Å². The minimum absolute atomic E-state index is 0.0693. The number of hydrogen-bond donors (Lipinski definition) is 2. The number of anilines is 1. The first kappa shape index (κ1) is 25.3. The molecule has 1 aromatic carbocycles. The number of alkyl halides is 2. The number of benzene rings is 1. The number of nitrogens with zero attached hydrogens (tertiary/aromatic N) is 4. The number of fused-ring (bicyclic) bond motifs is 3. The summed E-state index contributed by atoms with van der Waals surface area (Å²) < 4.78 is 50.3. The summed E-state index contributed by atoms with van der Waals surface area (Å²) in [5.74, 6) is -4.16. The van der Waals surface area contributed by atoms with Crippen LogP contribution in [-0.2, 0) is 30.2 Å². The van der Waals surface area contributed by atoms with Crippen molar-refractivity contribution in [3.8, 4) is 6.07 Å². The normalized spacial score (nSPS) is 21.3. The Morgan fingerprint density at radius 3 is 2.81 bits per heavy atom. The summed E-state index contributed by atoms with van der Waals surface area (Å²) in [5.41, 5.74) is 0.644. The predicted octanol–water partition coefficient (Wildman–Crippen LogP) is 4.12. The second kappa shape index (κ2) is 9.72. The lowest BCUT2D eigenvalue weighted by molar-refractivity contribution is -0.0223. The molecule has 36 heavy (non-hydrogen) atoms. The Morgan fingerprint density at radius 2 is 2.11 bits per heavy atom. The molecule has 3 heterocycles. The van der Waals surface area contributed by atoms with Crippen LogP contribution in [0.25, 0.3) is 0 Å². The molecule has 4 rings (SSSR count). The Morgan fingerprint density at radius 1 is 1.36 bits per heavy atom. The number of ether oxygens (including phenoxy) is 1. The number of halogens is 3. The molecule has 0 radical (unpaired) electrons. The summed E-state index contributed by atoms with van der Waals surface area (Å²) in [4.78, 5) is 26.1. The average molecular weight is 505 g/mol. The van der Waals surface area contributed by atoms with Gasteiger partial charge in [-0.2, -0.15) is 19.1 Å². The van der Waals surface area contributed by atoms with Crippen LogP contribution in [0.1, 0.15) is 49.2 Å². The molecule has 0 fully saturated rings. The van der Waals surface area contributed by atoms with Gasteiger partial charge in [0.05, 0.1) is 24.9 Å². The van der Waals surface area contributed by atoms with Gasteiger partial charge in [-0.3, -0.25) is 4.68 Å². The maximum atomic E-state index is 15.4. The Bertz CT molecular complexity index is 1220. The van der Waals surface area contributed by atoms with E-state index in [0.717, 1.165) is 6.07 Å². The van der Waals surface area contributed by atoms with E-state index in [9.17, 15) is 14.0 Å². The van der Waals surface area contributed by atoms with Crippen molar-refractivity contribution in [1.82, 2.24) is 20.0 Å². The monoisotopic (exact) mass is 504 g/mol. The van der Waals surface area contributed by atoms with Gasteiger partial charge in [0.2, 0.25) is 0 Å². The fourth-order valence-electron chi connectivity index (χ4n) is 4.86. The number of carbonyl (C=O) groups is 2. The highest BCUT2D eigenvalue weighted by Gasteiger charge is 2.45. The van der Waals surface area contributed by atoms with E-state index in [1.54, 1.807) is 19.9 Å². The van der Waals surface area contributed by atoms with E-state index in [-0.39, 0.29) is 54.8 Å². The summed E-state index contributed by atoms with van der Waals surface area (Å²) in [7, 11) is 1.24. The number of urea groups is 1. The molecule has 0 aliphatic carbocycles. The quantitative estimate of drug-likeness (QED) is 0.653. The van der Waals surface area contributed by atoms with Crippen LogP contribution in [0.15, 0.2) is 18.2 Å². The number of carbonyl (C=O) groups excluding carboxylic acids is 2. The van der Waals surface area contributed by atoms with Crippen molar-refractivity contribution in [3.63, 3.8) is 0 Å². The number of methoxy groups -OCH3 is 1. The van der Waals surface area contributed by atoms with Crippen molar-refractivity contribution in [3.05, 3.63) is 46.5 Å². The van der Waals surface area contributed by atoms with Crippen molar-refractivity contribution in [2.45, 2.75) is 64.2 Å². The summed E-state index contributed by atoms with van der Waals surface area (Å²) >= 11 is 0.